The van der Waals surface area contributed by atoms with Crippen molar-refractivity contribution in [2.24, 2.45) is 0 Å². The van der Waals surface area contributed by atoms with Gasteiger partial charge < -0.3 is 5.32 Å². The van der Waals surface area contributed by atoms with Crippen LogP contribution in [0.5, 0.6) is 0 Å². The molecule has 4 heteroatoms. The molecule has 2 aromatic rings. The Bertz CT molecular complexity index is 491. The third-order valence-electron chi connectivity index (χ3n) is 2.25. The van der Waals surface area contributed by atoms with Gasteiger partial charge in [-0.2, -0.15) is 0 Å². The molecule has 0 aliphatic heterocycles. The molecule has 0 fully saturated rings. The summed E-state index contributed by atoms with van der Waals surface area (Å²) in [6.45, 7) is 1.85. The minimum atomic E-state index is -0.261. The van der Waals surface area contributed by atoms with E-state index in [9.17, 15) is 4.39 Å². The van der Waals surface area contributed by atoms with E-state index in [1.165, 1.54) is 12.1 Å². The van der Waals surface area contributed by atoms with E-state index in [1.807, 2.05) is 13.0 Å². The Morgan fingerprint density at radius 3 is 2.56 bits per heavy atom. The Morgan fingerprint density at radius 1 is 1.12 bits per heavy atom. The van der Waals surface area contributed by atoms with Gasteiger partial charge in [0.25, 0.3) is 0 Å². The van der Waals surface area contributed by atoms with Gasteiger partial charge in [-0.25, -0.2) is 9.37 Å². The SMILES string of the molecule is CNc1nccnc1-c1cc(C)cc(F)c1. The number of aromatic nitrogens is 2. The largest absolute Gasteiger partial charge is 0.371 e. The van der Waals surface area contributed by atoms with Crippen LogP contribution >= 0.6 is 0 Å². The summed E-state index contributed by atoms with van der Waals surface area (Å²) in [5.74, 6) is 0.384. The van der Waals surface area contributed by atoms with Gasteiger partial charge in [0.15, 0.2) is 5.82 Å². The second kappa shape index (κ2) is 4.26. The van der Waals surface area contributed by atoms with E-state index >= 15 is 0 Å². The van der Waals surface area contributed by atoms with Gasteiger partial charge >= 0.3 is 0 Å². The number of rotatable bonds is 2. The van der Waals surface area contributed by atoms with Gasteiger partial charge in [-0.3, -0.25) is 4.98 Å². The number of nitrogens with zero attached hydrogens (tertiary/aromatic N) is 2. The van der Waals surface area contributed by atoms with E-state index in [1.54, 1.807) is 19.4 Å². The van der Waals surface area contributed by atoms with Crippen LogP contribution in [0.25, 0.3) is 11.3 Å². The van der Waals surface area contributed by atoms with Gasteiger partial charge in [0.1, 0.15) is 11.5 Å². The molecule has 0 bridgehead atoms. The topological polar surface area (TPSA) is 37.8 Å². The molecule has 1 aromatic carbocycles. The Hall–Kier alpha value is -1.97. The maximum absolute atomic E-state index is 13.3. The molecular weight excluding hydrogens is 205 g/mol. The number of anilines is 1. The lowest BCUT2D eigenvalue weighted by Gasteiger charge is -2.07. The van der Waals surface area contributed by atoms with Crippen molar-refractivity contribution in [1.29, 1.82) is 0 Å². The monoisotopic (exact) mass is 217 g/mol. The molecule has 0 aliphatic rings. The van der Waals surface area contributed by atoms with Crippen LogP contribution in [-0.2, 0) is 0 Å². The van der Waals surface area contributed by atoms with Gasteiger partial charge in [-0.15, -0.1) is 0 Å². The molecule has 3 nitrogen and oxygen atoms in total. The standard InChI is InChI=1S/C12H12FN3/c1-8-5-9(7-10(13)6-8)11-12(14-2)16-4-3-15-11/h3-7H,1-2H3,(H,14,16). The number of halogens is 1. The van der Waals surface area contributed by atoms with E-state index in [4.69, 9.17) is 0 Å². The molecule has 1 heterocycles. The fourth-order valence-electron chi connectivity index (χ4n) is 1.61. The van der Waals surface area contributed by atoms with Gasteiger partial charge in [0.2, 0.25) is 0 Å². The molecule has 0 saturated heterocycles. The van der Waals surface area contributed by atoms with Crippen molar-refractivity contribution in [3.8, 4) is 11.3 Å². The number of hydrogen-bond acceptors (Lipinski definition) is 3. The first-order valence-electron chi connectivity index (χ1n) is 4.97. The first-order valence-corrected chi connectivity index (χ1v) is 4.97. The molecule has 1 N–H and O–H groups in total. The molecule has 2 rings (SSSR count). The summed E-state index contributed by atoms with van der Waals surface area (Å²) in [6.07, 6.45) is 3.19. The Labute approximate surface area is 93.4 Å². The predicted molar refractivity (Wildman–Crippen MR) is 61.7 cm³/mol. The first-order chi connectivity index (χ1) is 7.70. The summed E-state index contributed by atoms with van der Waals surface area (Å²) < 4.78 is 13.3. The maximum atomic E-state index is 13.3. The van der Waals surface area contributed by atoms with Crippen LogP contribution < -0.4 is 5.32 Å². The molecule has 16 heavy (non-hydrogen) atoms. The van der Waals surface area contributed by atoms with Gasteiger partial charge in [0, 0.05) is 25.0 Å². The van der Waals surface area contributed by atoms with Crippen molar-refractivity contribution in [3.63, 3.8) is 0 Å². The lowest BCUT2D eigenvalue weighted by molar-refractivity contribution is 0.627. The van der Waals surface area contributed by atoms with Crippen molar-refractivity contribution in [2.45, 2.75) is 6.92 Å². The number of nitrogens with one attached hydrogen (secondary N) is 1. The normalized spacial score (nSPS) is 10.2. The molecule has 0 unspecified atom stereocenters. The van der Waals surface area contributed by atoms with Crippen LogP contribution in [0.1, 0.15) is 5.56 Å². The van der Waals surface area contributed by atoms with Crippen LogP contribution in [0.3, 0.4) is 0 Å². The lowest BCUT2D eigenvalue weighted by atomic mass is 10.1. The van der Waals surface area contributed by atoms with E-state index in [-0.39, 0.29) is 5.82 Å². The molecule has 82 valence electrons. The second-order valence-electron chi connectivity index (χ2n) is 3.52. The summed E-state index contributed by atoms with van der Waals surface area (Å²) in [4.78, 5) is 8.35. The maximum Gasteiger partial charge on any atom is 0.152 e. The molecule has 0 amide bonds. The quantitative estimate of drug-likeness (QED) is 0.840. The highest BCUT2D eigenvalue weighted by Gasteiger charge is 2.07. The zero-order valence-corrected chi connectivity index (χ0v) is 9.16. The van der Waals surface area contributed by atoms with Crippen LogP contribution in [0.2, 0.25) is 0 Å². The van der Waals surface area contributed by atoms with Crippen molar-refractivity contribution >= 4 is 5.82 Å². The molecule has 0 radical (unpaired) electrons. The zero-order chi connectivity index (χ0) is 11.5. The van der Waals surface area contributed by atoms with Crippen LogP contribution in [-0.4, -0.2) is 17.0 Å². The Balaban J connectivity index is 2.58. The summed E-state index contributed by atoms with van der Waals surface area (Å²) in [5.41, 5.74) is 2.25. The van der Waals surface area contributed by atoms with Crippen molar-refractivity contribution in [2.75, 3.05) is 12.4 Å². The Kier molecular flexibility index (Phi) is 2.81. The van der Waals surface area contributed by atoms with Gasteiger partial charge in [-0.1, -0.05) is 0 Å². The smallest absolute Gasteiger partial charge is 0.152 e. The van der Waals surface area contributed by atoms with Crippen molar-refractivity contribution < 1.29 is 4.39 Å². The number of aryl methyl sites for hydroxylation is 1. The van der Waals surface area contributed by atoms with Crippen molar-refractivity contribution in [1.82, 2.24) is 9.97 Å². The average molecular weight is 217 g/mol. The van der Waals surface area contributed by atoms with Crippen LogP contribution in [0.4, 0.5) is 10.2 Å². The fraction of sp³-hybridized carbons (Fsp3) is 0.167. The summed E-state index contributed by atoms with van der Waals surface area (Å²) >= 11 is 0. The molecular formula is C12H12FN3. The van der Waals surface area contributed by atoms with Crippen LogP contribution in [0.15, 0.2) is 30.6 Å². The summed E-state index contributed by atoms with van der Waals surface area (Å²) in [6, 6.07) is 4.82. The first kappa shape index (κ1) is 10.5. The minimum Gasteiger partial charge on any atom is -0.371 e. The van der Waals surface area contributed by atoms with Gasteiger partial charge in [0.05, 0.1) is 0 Å². The number of benzene rings is 1. The van der Waals surface area contributed by atoms with Crippen LogP contribution in [0, 0.1) is 12.7 Å². The molecule has 0 saturated carbocycles. The molecule has 0 atom stereocenters. The molecule has 1 aromatic heterocycles. The van der Waals surface area contributed by atoms with E-state index < -0.39 is 0 Å². The third kappa shape index (κ3) is 2.00. The third-order valence-corrected chi connectivity index (χ3v) is 2.25. The fourth-order valence-corrected chi connectivity index (χ4v) is 1.61. The van der Waals surface area contributed by atoms with E-state index in [0.29, 0.717) is 11.5 Å². The van der Waals surface area contributed by atoms with Gasteiger partial charge in [-0.05, 0) is 30.7 Å². The molecule has 0 aliphatic carbocycles. The highest BCUT2D eigenvalue weighted by atomic mass is 19.1. The highest BCUT2D eigenvalue weighted by molar-refractivity contribution is 5.71. The Morgan fingerprint density at radius 2 is 1.88 bits per heavy atom. The summed E-state index contributed by atoms with van der Waals surface area (Å²) in [5, 5.41) is 2.94. The zero-order valence-electron chi connectivity index (χ0n) is 9.16. The van der Waals surface area contributed by atoms with Crippen molar-refractivity contribution in [3.05, 3.63) is 42.0 Å². The lowest BCUT2D eigenvalue weighted by Crippen LogP contribution is -1.97. The van der Waals surface area contributed by atoms with E-state index in [2.05, 4.69) is 15.3 Å². The summed E-state index contributed by atoms with van der Waals surface area (Å²) in [7, 11) is 1.76. The number of hydrogen-bond donors (Lipinski definition) is 1. The predicted octanol–water partition coefficient (Wildman–Crippen LogP) is 2.63. The van der Waals surface area contributed by atoms with E-state index in [0.717, 1.165) is 11.1 Å². The second-order valence-corrected chi connectivity index (χ2v) is 3.52. The minimum absolute atomic E-state index is 0.261. The molecule has 0 spiro atoms. The highest BCUT2D eigenvalue weighted by Crippen LogP contribution is 2.24. The average Bonchev–Trinajstić information content (AvgIpc) is 2.27.